The standard InChI is InChI=1S/C15H21F4N3O3S/c1-21(11-15(17,18)19)9-3-8-20-14(23)10-22(2)26(24,25)13-6-4-12(16)5-7-13/h4-7H,3,8-11H2,1-2H3,(H,20,23). The normalized spacial score (nSPS) is 12.6. The van der Waals surface area contributed by atoms with Crippen molar-refractivity contribution in [2.45, 2.75) is 17.5 Å². The first-order valence-corrected chi connectivity index (χ1v) is 9.10. The van der Waals surface area contributed by atoms with Crippen LogP contribution in [-0.4, -0.2) is 70.0 Å². The monoisotopic (exact) mass is 399 g/mol. The fourth-order valence-electron chi connectivity index (χ4n) is 2.09. The van der Waals surface area contributed by atoms with E-state index in [-0.39, 0.29) is 24.4 Å². The molecule has 0 aromatic heterocycles. The van der Waals surface area contributed by atoms with E-state index in [1.54, 1.807) is 0 Å². The molecule has 26 heavy (non-hydrogen) atoms. The molecule has 6 nitrogen and oxygen atoms in total. The lowest BCUT2D eigenvalue weighted by Gasteiger charge is -2.19. The van der Waals surface area contributed by atoms with Gasteiger partial charge in [0.2, 0.25) is 15.9 Å². The summed E-state index contributed by atoms with van der Waals surface area (Å²) in [7, 11) is -1.42. The Morgan fingerprint density at radius 2 is 1.73 bits per heavy atom. The lowest BCUT2D eigenvalue weighted by Crippen LogP contribution is -2.39. The summed E-state index contributed by atoms with van der Waals surface area (Å²) in [5.74, 6) is -1.17. The van der Waals surface area contributed by atoms with Gasteiger partial charge in [-0.3, -0.25) is 9.69 Å². The van der Waals surface area contributed by atoms with Crippen LogP contribution in [-0.2, 0) is 14.8 Å². The third-order valence-electron chi connectivity index (χ3n) is 3.38. The Morgan fingerprint density at radius 3 is 2.27 bits per heavy atom. The maximum Gasteiger partial charge on any atom is 0.401 e. The number of sulfonamides is 1. The highest BCUT2D eigenvalue weighted by molar-refractivity contribution is 7.89. The van der Waals surface area contributed by atoms with E-state index >= 15 is 0 Å². The van der Waals surface area contributed by atoms with E-state index in [2.05, 4.69) is 5.32 Å². The quantitative estimate of drug-likeness (QED) is 0.504. The van der Waals surface area contributed by atoms with Crippen molar-refractivity contribution < 1.29 is 30.8 Å². The molecule has 11 heteroatoms. The maximum atomic E-state index is 12.9. The fraction of sp³-hybridized carbons (Fsp3) is 0.533. The Labute approximate surface area is 149 Å². The second kappa shape index (κ2) is 9.28. The highest BCUT2D eigenvalue weighted by Gasteiger charge is 2.28. The van der Waals surface area contributed by atoms with E-state index in [1.807, 2.05) is 0 Å². The molecule has 1 rings (SSSR count). The molecule has 0 saturated carbocycles. The van der Waals surface area contributed by atoms with Gasteiger partial charge < -0.3 is 5.32 Å². The number of hydrogen-bond acceptors (Lipinski definition) is 4. The summed E-state index contributed by atoms with van der Waals surface area (Å²) in [4.78, 5) is 12.7. The van der Waals surface area contributed by atoms with Gasteiger partial charge in [0.15, 0.2) is 0 Å². The molecular formula is C15H21F4N3O3S. The first-order chi connectivity index (χ1) is 11.9. The zero-order valence-electron chi connectivity index (χ0n) is 14.4. The van der Waals surface area contributed by atoms with E-state index in [1.165, 1.54) is 14.1 Å². The summed E-state index contributed by atoms with van der Waals surface area (Å²) in [5, 5.41) is 2.45. The van der Waals surface area contributed by atoms with E-state index in [0.29, 0.717) is 0 Å². The van der Waals surface area contributed by atoms with E-state index in [9.17, 15) is 30.8 Å². The van der Waals surface area contributed by atoms with Gasteiger partial charge in [-0.1, -0.05) is 0 Å². The third-order valence-corrected chi connectivity index (χ3v) is 5.19. The summed E-state index contributed by atoms with van der Waals surface area (Å²) in [5.41, 5.74) is 0. The second-order valence-corrected chi connectivity index (χ2v) is 7.82. The molecule has 0 saturated heterocycles. The number of rotatable bonds is 9. The molecule has 1 aromatic carbocycles. The van der Waals surface area contributed by atoms with Crippen LogP contribution < -0.4 is 5.32 Å². The van der Waals surface area contributed by atoms with Crippen LogP contribution in [0.2, 0.25) is 0 Å². The molecule has 0 radical (unpaired) electrons. The Morgan fingerprint density at radius 1 is 1.15 bits per heavy atom. The molecule has 0 atom stereocenters. The van der Waals surface area contributed by atoms with Crippen LogP contribution in [0.4, 0.5) is 17.6 Å². The van der Waals surface area contributed by atoms with Crippen molar-refractivity contribution in [3.8, 4) is 0 Å². The van der Waals surface area contributed by atoms with E-state index in [4.69, 9.17) is 0 Å². The van der Waals surface area contributed by atoms with E-state index < -0.39 is 41.0 Å². The molecule has 0 aliphatic heterocycles. The Balaban J connectivity index is 2.41. The summed E-state index contributed by atoms with van der Waals surface area (Å²) in [6, 6.07) is 4.18. The Kier molecular flexibility index (Phi) is 7.97. The van der Waals surface area contributed by atoms with Crippen LogP contribution in [0.5, 0.6) is 0 Å². The van der Waals surface area contributed by atoms with Crippen LogP contribution in [0.1, 0.15) is 6.42 Å². The molecule has 0 unspecified atom stereocenters. The number of amides is 1. The molecule has 0 spiro atoms. The van der Waals surface area contributed by atoms with E-state index in [0.717, 1.165) is 33.5 Å². The number of alkyl halides is 3. The van der Waals surface area contributed by atoms with Crippen LogP contribution in [0, 0.1) is 5.82 Å². The van der Waals surface area contributed by atoms with Gasteiger partial charge in [0.05, 0.1) is 18.0 Å². The van der Waals surface area contributed by atoms with Crippen LogP contribution in [0.3, 0.4) is 0 Å². The number of carbonyl (C=O) groups excluding carboxylic acids is 1. The van der Waals surface area contributed by atoms with Crippen molar-refractivity contribution in [1.29, 1.82) is 0 Å². The minimum Gasteiger partial charge on any atom is -0.355 e. The summed E-state index contributed by atoms with van der Waals surface area (Å²) >= 11 is 0. The molecule has 1 amide bonds. The molecule has 0 aliphatic rings. The summed E-state index contributed by atoms with van der Waals surface area (Å²) in [6.45, 7) is -1.26. The van der Waals surface area contributed by atoms with Crippen LogP contribution >= 0.6 is 0 Å². The predicted molar refractivity (Wildman–Crippen MR) is 87.4 cm³/mol. The minimum absolute atomic E-state index is 0.117. The van der Waals surface area contributed by atoms with Gasteiger partial charge in [0.1, 0.15) is 5.82 Å². The van der Waals surface area contributed by atoms with Gasteiger partial charge in [-0.15, -0.1) is 0 Å². The highest BCUT2D eigenvalue weighted by Crippen LogP contribution is 2.16. The Hall–Kier alpha value is -1.72. The number of halogens is 4. The molecule has 1 N–H and O–H groups in total. The summed E-state index contributed by atoms with van der Waals surface area (Å²) in [6.07, 6.45) is -4.00. The fourth-order valence-corrected chi connectivity index (χ4v) is 3.22. The average molecular weight is 399 g/mol. The largest absolute Gasteiger partial charge is 0.401 e. The topological polar surface area (TPSA) is 69.7 Å². The lowest BCUT2D eigenvalue weighted by atomic mass is 10.3. The van der Waals surface area contributed by atoms with Crippen molar-refractivity contribution in [3.63, 3.8) is 0 Å². The van der Waals surface area contributed by atoms with Gasteiger partial charge in [0.25, 0.3) is 0 Å². The molecule has 0 fully saturated rings. The first-order valence-electron chi connectivity index (χ1n) is 7.66. The molecule has 148 valence electrons. The highest BCUT2D eigenvalue weighted by atomic mass is 32.2. The smallest absolute Gasteiger partial charge is 0.355 e. The van der Waals surface area contributed by atoms with Crippen LogP contribution in [0.25, 0.3) is 0 Å². The van der Waals surface area contributed by atoms with Crippen molar-refractivity contribution in [2.75, 3.05) is 40.3 Å². The molecule has 0 heterocycles. The number of carbonyl (C=O) groups is 1. The van der Waals surface area contributed by atoms with Crippen molar-refractivity contribution in [3.05, 3.63) is 30.1 Å². The number of likely N-dealkylation sites (N-methyl/N-ethyl adjacent to an activating group) is 1. The van der Waals surface area contributed by atoms with Gasteiger partial charge >= 0.3 is 6.18 Å². The van der Waals surface area contributed by atoms with Gasteiger partial charge in [-0.25, -0.2) is 12.8 Å². The lowest BCUT2D eigenvalue weighted by molar-refractivity contribution is -0.143. The van der Waals surface area contributed by atoms with Gasteiger partial charge in [0, 0.05) is 13.6 Å². The van der Waals surface area contributed by atoms with Crippen molar-refractivity contribution in [2.24, 2.45) is 0 Å². The zero-order valence-corrected chi connectivity index (χ0v) is 15.2. The molecule has 0 bridgehead atoms. The predicted octanol–water partition coefficient (Wildman–Crippen LogP) is 1.45. The van der Waals surface area contributed by atoms with Crippen LogP contribution in [0.15, 0.2) is 29.2 Å². The minimum atomic E-state index is -4.28. The maximum absolute atomic E-state index is 12.9. The van der Waals surface area contributed by atoms with Crippen molar-refractivity contribution >= 4 is 15.9 Å². The molecule has 1 aromatic rings. The number of nitrogens with one attached hydrogen (secondary N) is 1. The first kappa shape index (κ1) is 22.3. The number of hydrogen-bond donors (Lipinski definition) is 1. The van der Waals surface area contributed by atoms with Gasteiger partial charge in [-0.05, 0) is 44.3 Å². The molecule has 0 aliphatic carbocycles. The SMILES string of the molecule is CN(CCCNC(=O)CN(C)S(=O)(=O)c1ccc(F)cc1)CC(F)(F)F. The number of nitrogens with zero attached hydrogens (tertiary/aromatic N) is 2. The third kappa shape index (κ3) is 7.67. The zero-order chi connectivity index (χ0) is 20.0. The average Bonchev–Trinajstić information content (AvgIpc) is 2.50. The number of benzene rings is 1. The second-order valence-electron chi connectivity index (χ2n) is 5.77. The molecular weight excluding hydrogens is 378 g/mol. The Bertz CT molecular complexity index is 693. The van der Waals surface area contributed by atoms with Crippen molar-refractivity contribution in [1.82, 2.24) is 14.5 Å². The summed E-state index contributed by atoms with van der Waals surface area (Å²) < 4.78 is 74.7. The van der Waals surface area contributed by atoms with Gasteiger partial charge in [-0.2, -0.15) is 17.5 Å².